The molecule has 0 aliphatic carbocycles. The minimum Gasteiger partial charge on any atom is -0.345 e. The van der Waals surface area contributed by atoms with Gasteiger partial charge in [0.1, 0.15) is 23.9 Å². The Hall–Kier alpha value is -4.08. The number of nitrogens with zero attached hydrogens (tertiary/aromatic N) is 3. The van der Waals surface area contributed by atoms with Gasteiger partial charge in [-0.25, -0.2) is 0 Å². The number of benzene rings is 2. The van der Waals surface area contributed by atoms with Gasteiger partial charge in [-0.3, -0.25) is 4.79 Å². The minimum atomic E-state index is -0.292. The molecule has 2 aromatic rings. The molecule has 2 N–H and O–H groups in total. The van der Waals surface area contributed by atoms with E-state index in [4.69, 9.17) is 15.8 Å². The molecule has 0 aliphatic rings. The SMILES string of the molecule is Cc1cccc(C(=O)Nc2ccc(NC(C#N)=C(C#N)C#N)cc2)c1. The summed E-state index contributed by atoms with van der Waals surface area (Å²) in [6.45, 7) is 1.91. The Labute approximate surface area is 145 Å². The molecule has 1 amide bonds. The maximum Gasteiger partial charge on any atom is 0.255 e. The van der Waals surface area contributed by atoms with E-state index in [0.717, 1.165) is 5.56 Å². The van der Waals surface area contributed by atoms with Crippen LogP contribution in [0.3, 0.4) is 0 Å². The lowest BCUT2D eigenvalue weighted by molar-refractivity contribution is 0.102. The molecule has 0 unspecified atom stereocenters. The van der Waals surface area contributed by atoms with Crippen LogP contribution in [-0.2, 0) is 0 Å². The Balaban J connectivity index is 2.12. The Kier molecular flexibility index (Phi) is 5.50. The van der Waals surface area contributed by atoms with E-state index in [-0.39, 0.29) is 17.2 Å². The lowest BCUT2D eigenvalue weighted by atomic mass is 10.1. The Morgan fingerprint density at radius 3 is 2.00 bits per heavy atom. The molecule has 6 heteroatoms. The number of nitriles is 3. The van der Waals surface area contributed by atoms with E-state index in [0.29, 0.717) is 16.9 Å². The first-order valence-corrected chi connectivity index (χ1v) is 7.27. The fourth-order valence-corrected chi connectivity index (χ4v) is 2.05. The molecule has 6 nitrogen and oxygen atoms in total. The van der Waals surface area contributed by atoms with Crippen LogP contribution in [0.15, 0.2) is 59.8 Å². The summed E-state index contributed by atoms with van der Waals surface area (Å²) < 4.78 is 0. The average molecular weight is 327 g/mol. The molecule has 0 radical (unpaired) electrons. The van der Waals surface area contributed by atoms with E-state index < -0.39 is 0 Å². The first-order chi connectivity index (χ1) is 12.1. The first-order valence-electron chi connectivity index (χ1n) is 7.27. The van der Waals surface area contributed by atoms with Gasteiger partial charge in [-0.05, 0) is 43.3 Å². The molecule has 0 spiro atoms. The predicted octanol–water partition coefficient (Wildman–Crippen LogP) is 3.48. The highest BCUT2D eigenvalue weighted by atomic mass is 16.1. The summed E-state index contributed by atoms with van der Waals surface area (Å²) in [5, 5.41) is 32.1. The zero-order valence-corrected chi connectivity index (χ0v) is 13.4. The number of allylic oxidation sites excluding steroid dienone is 2. The molecule has 0 atom stereocenters. The highest BCUT2D eigenvalue weighted by molar-refractivity contribution is 6.04. The minimum absolute atomic E-state index is 0.124. The quantitative estimate of drug-likeness (QED) is 0.835. The number of anilines is 2. The van der Waals surface area contributed by atoms with Crippen LogP contribution in [-0.4, -0.2) is 5.91 Å². The normalized spacial score (nSPS) is 9.04. The third kappa shape index (κ3) is 4.45. The second-order valence-electron chi connectivity index (χ2n) is 5.11. The van der Waals surface area contributed by atoms with Gasteiger partial charge in [-0.15, -0.1) is 0 Å². The van der Waals surface area contributed by atoms with Gasteiger partial charge in [0.15, 0.2) is 5.57 Å². The monoisotopic (exact) mass is 327 g/mol. The van der Waals surface area contributed by atoms with Crippen LogP contribution < -0.4 is 10.6 Å². The van der Waals surface area contributed by atoms with Gasteiger partial charge in [0.25, 0.3) is 5.91 Å². The van der Waals surface area contributed by atoms with Crippen LogP contribution in [0.5, 0.6) is 0 Å². The van der Waals surface area contributed by atoms with Gasteiger partial charge >= 0.3 is 0 Å². The Morgan fingerprint density at radius 2 is 1.48 bits per heavy atom. The molecule has 120 valence electrons. The fraction of sp³-hybridized carbons (Fsp3) is 0.0526. The molecule has 0 saturated heterocycles. The van der Waals surface area contributed by atoms with Gasteiger partial charge in [-0.1, -0.05) is 17.7 Å². The summed E-state index contributed by atoms with van der Waals surface area (Å²) in [7, 11) is 0. The zero-order chi connectivity index (χ0) is 18.2. The van der Waals surface area contributed by atoms with E-state index in [9.17, 15) is 4.79 Å². The first kappa shape index (κ1) is 17.3. The van der Waals surface area contributed by atoms with Crippen molar-refractivity contribution in [2.75, 3.05) is 10.6 Å². The van der Waals surface area contributed by atoms with E-state index in [1.807, 2.05) is 19.1 Å². The number of nitrogens with one attached hydrogen (secondary N) is 2. The molecule has 2 rings (SSSR count). The fourth-order valence-electron chi connectivity index (χ4n) is 2.05. The molecular weight excluding hydrogens is 314 g/mol. The number of rotatable bonds is 4. The van der Waals surface area contributed by atoms with Gasteiger partial charge in [0.05, 0.1) is 0 Å². The number of hydrogen-bond donors (Lipinski definition) is 2. The van der Waals surface area contributed by atoms with Crippen molar-refractivity contribution in [2.24, 2.45) is 0 Å². The van der Waals surface area contributed by atoms with Gasteiger partial charge in [0.2, 0.25) is 0 Å². The van der Waals surface area contributed by atoms with E-state index >= 15 is 0 Å². The number of hydrogen-bond acceptors (Lipinski definition) is 5. The maximum atomic E-state index is 12.2. The average Bonchev–Trinajstić information content (AvgIpc) is 2.63. The number of carbonyl (C=O) groups excluding carboxylic acids is 1. The smallest absolute Gasteiger partial charge is 0.255 e. The molecule has 0 heterocycles. The van der Waals surface area contributed by atoms with Crippen LogP contribution in [0, 0.1) is 40.9 Å². The Bertz CT molecular complexity index is 937. The molecule has 0 bridgehead atoms. The van der Waals surface area contributed by atoms with Crippen LogP contribution in [0.2, 0.25) is 0 Å². The summed E-state index contributed by atoms with van der Waals surface area (Å²) >= 11 is 0. The van der Waals surface area contributed by atoms with Crippen LogP contribution in [0.1, 0.15) is 15.9 Å². The zero-order valence-electron chi connectivity index (χ0n) is 13.4. The molecule has 2 aromatic carbocycles. The summed E-state index contributed by atoms with van der Waals surface area (Å²) in [4.78, 5) is 12.2. The Morgan fingerprint density at radius 1 is 0.880 bits per heavy atom. The van der Waals surface area contributed by atoms with Gasteiger partial charge in [-0.2, -0.15) is 15.8 Å². The van der Waals surface area contributed by atoms with Crippen LogP contribution in [0.25, 0.3) is 0 Å². The molecule has 0 fully saturated rings. The summed E-state index contributed by atoms with van der Waals surface area (Å²) in [6.07, 6.45) is 0. The summed E-state index contributed by atoms with van der Waals surface area (Å²) in [5.41, 5.74) is 2.24. The lowest BCUT2D eigenvalue weighted by Gasteiger charge is -2.08. The third-order valence-electron chi connectivity index (χ3n) is 3.28. The molecule has 0 saturated carbocycles. The molecule has 0 aromatic heterocycles. The van der Waals surface area contributed by atoms with E-state index in [2.05, 4.69) is 10.6 Å². The van der Waals surface area contributed by atoms with Crippen molar-refractivity contribution in [3.8, 4) is 18.2 Å². The van der Waals surface area contributed by atoms with Gasteiger partial charge in [0, 0.05) is 16.9 Å². The highest BCUT2D eigenvalue weighted by Crippen LogP contribution is 2.17. The summed E-state index contributed by atoms with van der Waals surface area (Å²) in [5.74, 6) is -0.224. The third-order valence-corrected chi connectivity index (χ3v) is 3.28. The van der Waals surface area contributed by atoms with Crippen LogP contribution in [0.4, 0.5) is 11.4 Å². The number of aryl methyl sites for hydroxylation is 1. The van der Waals surface area contributed by atoms with Crippen molar-refractivity contribution >= 4 is 17.3 Å². The van der Waals surface area contributed by atoms with Crippen LogP contribution >= 0.6 is 0 Å². The topological polar surface area (TPSA) is 112 Å². The summed E-state index contributed by atoms with van der Waals surface area (Å²) in [6, 6.07) is 18.9. The molecule has 25 heavy (non-hydrogen) atoms. The van der Waals surface area contributed by atoms with Crippen molar-refractivity contribution < 1.29 is 4.79 Å². The second kappa shape index (κ2) is 7.97. The van der Waals surface area contributed by atoms with Crippen molar-refractivity contribution in [3.63, 3.8) is 0 Å². The molecule has 0 aliphatic heterocycles. The van der Waals surface area contributed by atoms with Crippen molar-refractivity contribution in [1.29, 1.82) is 15.8 Å². The van der Waals surface area contributed by atoms with Crippen molar-refractivity contribution in [1.82, 2.24) is 0 Å². The van der Waals surface area contributed by atoms with Crippen molar-refractivity contribution in [2.45, 2.75) is 6.92 Å². The maximum absolute atomic E-state index is 12.2. The predicted molar refractivity (Wildman–Crippen MR) is 93.1 cm³/mol. The van der Waals surface area contributed by atoms with Crippen molar-refractivity contribution in [3.05, 3.63) is 70.9 Å². The standard InChI is InChI=1S/C19H13N5O/c1-13-3-2-4-14(9-13)19(25)24-17-7-5-16(6-8-17)23-18(12-22)15(10-20)11-21/h2-9,23H,1H3,(H,24,25). The van der Waals surface area contributed by atoms with Gasteiger partial charge < -0.3 is 10.6 Å². The van der Waals surface area contributed by atoms with E-state index in [1.165, 1.54) is 0 Å². The van der Waals surface area contributed by atoms with E-state index in [1.54, 1.807) is 54.6 Å². The number of amides is 1. The number of carbonyl (C=O) groups is 1. The molecular formula is C19H13N5O. The lowest BCUT2D eigenvalue weighted by Crippen LogP contribution is -2.11. The highest BCUT2D eigenvalue weighted by Gasteiger charge is 2.08. The largest absolute Gasteiger partial charge is 0.345 e. The second-order valence-corrected chi connectivity index (χ2v) is 5.11.